The second kappa shape index (κ2) is 10.9. The highest BCUT2D eigenvalue weighted by Crippen LogP contribution is 2.39. The maximum Gasteiger partial charge on any atom is 0.270 e. The van der Waals surface area contributed by atoms with E-state index in [4.69, 9.17) is 4.74 Å². The first-order valence-electron chi connectivity index (χ1n) is 12.2. The van der Waals surface area contributed by atoms with E-state index >= 15 is 0 Å². The van der Waals surface area contributed by atoms with Gasteiger partial charge in [0.2, 0.25) is 0 Å². The number of aromatic nitrogens is 1. The third-order valence-corrected chi connectivity index (χ3v) is 7.74. The first-order valence-corrected chi connectivity index (χ1v) is 13.8. The van der Waals surface area contributed by atoms with Gasteiger partial charge in [0.25, 0.3) is 5.92 Å². The predicted molar refractivity (Wildman–Crippen MR) is 142 cm³/mol. The number of hydrogen-bond donors (Lipinski definition) is 0. The van der Waals surface area contributed by atoms with Gasteiger partial charge in [0.15, 0.2) is 0 Å². The van der Waals surface area contributed by atoms with Crippen molar-refractivity contribution in [2.75, 3.05) is 36.3 Å². The molecule has 1 atom stereocenters. The van der Waals surface area contributed by atoms with Gasteiger partial charge in [-0.1, -0.05) is 19.1 Å². The highest BCUT2D eigenvalue weighted by Gasteiger charge is 2.30. The lowest BCUT2D eigenvalue weighted by molar-refractivity contribution is 0.0175. The van der Waals surface area contributed by atoms with Crippen molar-refractivity contribution < 1.29 is 17.7 Å². The van der Waals surface area contributed by atoms with Crippen molar-refractivity contribution in [3.63, 3.8) is 0 Å². The number of benzene rings is 2. The summed E-state index contributed by atoms with van der Waals surface area (Å²) in [4.78, 5) is 9.73. The summed E-state index contributed by atoms with van der Waals surface area (Å²) in [5, 5.41) is 0. The normalized spacial score (nSPS) is 15.6. The van der Waals surface area contributed by atoms with E-state index in [9.17, 15) is 13.0 Å². The van der Waals surface area contributed by atoms with Gasteiger partial charge in [0.05, 0.1) is 13.3 Å². The molecule has 1 aliphatic heterocycles. The molecule has 1 unspecified atom stereocenters. The minimum Gasteiger partial charge on any atom is -0.494 e. The van der Waals surface area contributed by atoms with Crippen LogP contribution in [0.1, 0.15) is 37.8 Å². The number of aryl methyl sites for hydroxylation is 1. The summed E-state index contributed by atoms with van der Waals surface area (Å²) in [6, 6.07) is 14.5. The molecule has 2 aromatic carbocycles. The van der Waals surface area contributed by atoms with Gasteiger partial charge in [-0.2, -0.15) is 0 Å². The van der Waals surface area contributed by atoms with Crippen molar-refractivity contribution in [1.82, 2.24) is 4.98 Å². The Morgan fingerprint density at radius 2 is 1.83 bits per heavy atom. The van der Waals surface area contributed by atoms with Gasteiger partial charge in [-0.05, 0) is 55.2 Å². The van der Waals surface area contributed by atoms with Crippen LogP contribution < -0.4 is 14.5 Å². The SMILES string of the molecule is CCc1cc(S(C)=O)ccc1N1CCC(N(c2ccc(C(C)(F)F)cc2)c2cnccc2OC)CC1. The average Bonchev–Trinajstić information content (AvgIpc) is 2.89. The van der Waals surface area contributed by atoms with E-state index in [0.717, 1.165) is 55.5 Å². The van der Waals surface area contributed by atoms with Gasteiger partial charge in [-0.25, -0.2) is 8.78 Å². The fraction of sp³-hybridized carbons (Fsp3) is 0.393. The molecule has 0 bridgehead atoms. The van der Waals surface area contributed by atoms with Crippen LogP contribution in [0.5, 0.6) is 5.75 Å². The largest absolute Gasteiger partial charge is 0.494 e. The van der Waals surface area contributed by atoms with Crippen LogP contribution in [0, 0.1) is 0 Å². The Hall–Kier alpha value is -3.00. The second-order valence-electron chi connectivity index (χ2n) is 9.17. The van der Waals surface area contributed by atoms with Gasteiger partial charge in [0, 0.05) is 77.2 Å². The quantitative estimate of drug-likeness (QED) is 0.353. The van der Waals surface area contributed by atoms with E-state index in [0.29, 0.717) is 5.75 Å². The zero-order valence-electron chi connectivity index (χ0n) is 21.2. The number of pyridine rings is 1. The maximum atomic E-state index is 13.9. The summed E-state index contributed by atoms with van der Waals surface area (Å²) in [6.45, 7) is 4.72. The van der Waals surface area contributed by atoms with Crippen LogP contribution in [0.4, 0.5) is 25.8 Å². The lowest BCUT2D eigenvalue weighted by Crippen LogP contribution is -2.43. The zero-order chi connectivity index (χ0) is 25.9. The molecule has 0 radical (unpaired) electrons. The first-order chi connectivity index (χ1) is 17.2. The fourth-order valence-electron chi connectivity index (χ4n) is 4.89. The molecule has 0 amide bonds. The standard InChI is InChI=1S/C28H33F2N3O2S/c1-5-20-18-24(36(4)34)10-11-25(20)32-16-13-23(14-17-32)33(26-19-31-15-12-27(26)35-3)22-8-6-21(7-9-22)28(2,29)30/h6-12,15,18-19,23H,5,13-14,16-17H2,1-4H3. The molecule has 0 spiro atoms. The van der Waals surface area contributed by atoms with Crippen LogP contribution in [-0.4, -0.2) is 41.7 Å². The van der Waals surface area contributed by atoms with Crippen LogP contribution in [0.15, 0.2) is 65.8 Å². The molecule has 2 heterocycles. The Bertz CT molecular complexity index is 1210. The van der Waals surface area contributed by atoms with Crippen molar-refractivity contribution in [1.29, 1.82) is 0 Å². The highest BCUT2D eigenvalue weighted by atomic mass is 32.2. The first kappa shape index (κ1) is 26.1. The monoisotopic (exact) mass is 513 g/mol. The Kier molecular flexibility index (Phi) is 7.93. The number of anilines is 3. The number of hydrogen-bond acceptors (Lipinski definition) is 5. The number of piperidine rings is 1. The third-order valence-electron chi connectivity index (χ3n) is 6.83. The molecule has 0 N–H and O–H groups in total. The van der Waals surface area contributed by atoms with Crippen LogP contribution in [0.2, 0.25) is 0 Å². The lowest BCUT2D eigenvalue weighted by atomic mass is 9.99. The summed E-state index contributed by atoms with van der Waals surface area (Å²) in [7, 11) is 0.616. The van der Waals surface area contributed by atoms with Gasteiger partial charge >= 0.3 is 0 Å². The van der Waals surface area contributed by atoms with Gasteiger partial charge in [0.1, 0.15) is 11.4 Å². The molecule has 0 saturated carbocycles. The number of rotatable bonds is 8. The fourth-order valence-corrected chi connectivity index (χ4v) is 5.45. The third kappa shape index (κ3) is 5.53. The number of methoxy groups -OCH3 is 1. The van der Waals surface area contributed by atoms with E-state index in [1.165, 1.54) is 23.4 Å². The Morgan fingerprint density at radius 1 is 1.14 bits per heavy atom. The van der Waals surface area contributed by atoms with Crippen LogP contribution in [0.3, 0.4) is 0 Å². The second-order valence-corrected chi connectivity index (χ2v) is 10.5. The van der Waals surface area contributed by atoms with Crippen LogP contribution in [0.25, 0.3) is 0 Å². The Morgan fingerprint density at radius 3 is 2.42 bits per heavy atom. The molecule has 36 heavy (non-hydrogen) atoms. The molecule has 1 aromatic heterocycles. The van der Waals surface area contributed by atoms with Crippen molar-refractivity contribution in [2.45, 2.75) is 50.0 Å². The maximum absolute atomic E-state index is 13.9. The van der Waals surface area contributed by atoms with Crippen molar-refractivity contribution in [3.05, 3.63) is 72.1 Å². The Labute approximate surface area is 214 Å². The summed E-state index contributed by atoms with van der Waals surface area (Å²) in [5.41, 5.74) is 4.02. The topological polar surface area (TPSA) is 45.7 Å². The minimum atomic E-state index is -2.89. The number of nitrogens with zero attached hydrogens (tertiary/aromatic N) is 3. The minimum absolute atomic E-state index is 0.0114. The zero-order valence-corrected chi connectivity index (χ0v) is 22.0. The van der Waals surface area contributed by atoms with Gasteiger partial charge in [-0.3, -0.25) is 9.19 Å². The van der Waals surface area contributed by atoms with E-state index < -0.39 is 16.7 Å². The summed E-state index contributed by atoms with van der Waals surface area (Å²) in [6.07, 6.45) is 7.77. The van der Waals surface area contributed by atoms with Gasteiger partial charge < -0.3 is 14.5 Å². The highest BCUT2D eigenvalue weighted by molar-refractivity contribution is 7.84. The molecular weight excluding hydrogens is 480 g/mol. The Balaban J connectivity index is 1.62. The average molecular weight is 514 g/mol. The molecule has 1 saturated heterocycles. The molecule has 192 valence electrons. The van der Waals surface area contributed by atoms with Crippen molar-refractivity contribution in [3.8, 4) is 5.75 Å². The number of halogens is 2. The molecule has 5 nitrogen and oxygen atoms in total. The van der Waals surface area contributed by atoms with E-state index in [-0.39, 0.29) is 11.6 Å². The number of ether oxygens (including phenoxy) is 1. The van der Waals surface area contributed by atoms with Crippen molar-refractivity contribution in [2.24, 2.45) is 0 Å². The molecule has 1 aliphatic rings. The van der Waals surface area contributed by atoms with Crippen LogP contribution >= 0.6 is 0 Å². The molecule has 8 heteroatoms. The van der Waals surface area contributed by atoms with Crippen molar-refractivity contribution >= 4 is 27.9 Å². The molecule has 3 aromatic rings. The predicted octanol–water partition coefficient (Wildman–Crippen LogP) is 6.31. The van der Waals surface area contributed by atoms with E-state index in [2.05, 4.69) is 33.8 Å². The van der Waals surface area contributed by atoms with Gasteiger partial charge in [-0.15, -0.1) is 0 Å². The lowest BCUT2D eigenvalue weighted by Gasteiger charge is -2.41. The molecule has 1 fully saturated rings. The van der Waals surface area contributed by atoms with Crippen LogP contribution in [-0.2, 0) is 23.1 Å². The summed E-state index contributed by atoms with van der Waals surface area (Å²) in [5.74, 6) is -2.20. The van der Waals surface area contributed by atoms with E-state index in [1.54, 1.807) is 37.9 Å². The smallest absolute Gasteiger partial charge is 0.270 e. The molecular formula is C28H33F2N3O2S. The van der Waals surface area contributed by atoms with E-state index in [1.807, 2.05) is 12.1 Å². The molecule has 4 rings (SSSR count). The summed E-state index contributed by atoms with van der Waals surface area (Å²) < 4.78 is 45.3. The summed E-state index contributed by atoms with van der Waals surface area (Å²) >= 11 is 0. The number of alkyl halides is 2. The molecule has 0 aliphatic carbocycles.